The monoisotopic (exact) mass is 333 g/mol. The van der Waals surface area contributed by atoms with Crippen LogP contribution in [0.1, 0.15) is 41.5 Å². The zero-order chi connectivity index (χ0) is 17.2. The standard InChI is InChI=1S/C19H19N5O/c20-11-14-2-1-3-15(10-14)13-23-6-8-24(9-7-23)19-17(12-21)22-18(25-19)16-4-5-16/h1-3,10,16H,4-9,13H2. The third-order valence-electron chi connectivity index (χ3n) is 4.78. The lowest BCUT2D eigenvalue weighted by Crippen LogP contribution is -2.46. The zero-order valence-corrected chi connectivity index (χ0v) is 14.0. The van der Waals surface area contributed by atoms with Crippen molar-refractivity contribution in [1.82, 2.24) is 9.88 Å². The predicted molar refractivity (Wildman–Crippen MR) is 91.8 cm³/mol. The summed E-state index contributed by atoms with van der Waals surface area (Å²) in [6.45, 7) is 4.23. The number of aromatic nitrogens is 1. The number of rotatable bonds is 4. The Labute approximate surface area is 146 Å². The summed E-state index contributed by atoms with van der Waals surface area (Å²) in [5, 5.41) is 18.3. The molecule has 6 nitrogen and oxygen atoms in total. The van der Waals surface area contributed by atoms with E-state index in [4.69, 9.17) is 9.68 Å². The summed E-state index contributed by atoms with van der Waals surface area (Å²) in [7, 11) is 0. The summed E-state index contributed by atoms with van der Waals surface area (Å²) >= 11 is 0. The van der Waals surface area contributed by atoms with Gasteiger partial charge in [-0.15, -0.1) is 0 Å². The highest BCUT2D eigenvalue weighted by molar-refractivity contribution is 5.49. The van der Waals surface area contributed by atoms with Crippen molar-refractivity contribution in [3.8, 4) is 12.1 Å². The number of nitriles is 2. The van der Waals surface area contributed by atoms with E-state index in [1.54, 1.807) is 0 Å². The Bertz CT molecular complexity index is 847. The van der Waals surface area contributed by atoms with Crippen molar-refractivity contribution in [2.45, 2.75) is 25.3 Å². The van der Waals surface area contributed by atoms with Crippen LogP contribution in [-0.4, -0.2) is 36.1 Å². The van der Waals surface area contributed by atoms with Gasteiger partial charge in [0, 0.05) is 38.6 Å². The van der Waals surface area contributed by atoms with Gasteiger partial charge in [0.1, 0.15) is 6.07 Å². The van der Waals surface area contributed by atoms with Crippen LogP contribution in [0.5, 0.6) is 0 Å². The summed E-state index contributed by atoms with van der Waals surface area (Å²) < 4.78 is 5.89. The van der Waals surface area contributed by atoms with Gasteiger partial charge in [0.05, 0.1) is 11.6 Å². The molecule has 2 heterocycles. The van der Waals surface area contributed by atoms with Gasteiger partial charge in [-0.3, -0.25) is 4.90 Å². The van der Waals surface area contributed by atoms with E-state index in [-0.39, 0.29) is 0 Å². The molecule has 1 saturated heterocycles. The Morgan fingerprint density at radius 1 is 1.12 bits per heavy atom. The van der Waals surface area contributed by atoms with E-state index in [0.717, 1.165) is 57.0 Å². The van der Waals surface area contributed by atoms with Crippen LogP contribution in [0.15, 0.2) is 28.7 Å². The summed E-state index contributed by atoms with van der Waals surface area (Å²) in [6, 6.07) is 12.1. The largest absolute Gasteiger partial charge is 0.423 e. The van der Waals surface area contributed by atoms with Gasteiger partial charge in [-0.2, -0.15) is 10.5 Å². The Balaban J connectivity index is 1.40. The summed E-state index contributed by atoms with van der Waals surface area (Å²) in [5.74, 6) is 1.77. The van der Waals surface area contributed by atoms with E-state index in [1.807, 2.05) is 18.2 Å². The number of anilines is 1. The first-order valence-corrected chi connectivity index (χ1v) is 8.64. The molecule has 0 unspecified atom stereocenters. The van der Waals surface area contributed by atoms with Gasteiger partial charge in [0.25, 0.3) is 0 Å². The predicted octanol–water partition coefficient (Wildman–Crippen LogP) is 2.62. The minimum atomic E-state index is 0.412. The topological polar surface area (TPSA) is 80.1 Å². The smallest absolute Gasteiger partial charge is 0.234 e. The van der Waals surface area contributed by atoms with Gasteiger partial charge in [-0.1, -0.05) is 12.1 Å². The van der Waals surface area contributed by atoms with Gasteiger partial charge in [0.15, 0.2) is 0 Å². The van der Waals surface area contributed by atoms with Gasteiger partial charge in [-0.25, -0.2) is 4.98 Å². The molecule has 0 bridgehead atoms. The van der Waals surface area contributed by atoms with Gasteiger partial charge in [0.2, 0.25) is 17.5 Å². The lowest BCUT2D eigenvalue weighted by Gasteiger charge is -2.34. The van der Waals surface area contributed by atoms with Crippen molar-refractivity contribution in [2.75, 3.05) is 31.1 Å². The van der Waals surface area contributed by atoms with Gasteiger partial charge < -0.3 is 9.32 Å². The second kappa shape index (κ2) is 6.58. The molecule has 1 saturated carbocycles. The van der Waals surface area contributed by atoms with Crippen molar-refractivity contribution in [2.24, 2.45) is 0 Å². The SMILES string of the molecule is N#Cc1cccc(CN2CCN(c3oc(C4CC4)nc3C#N)CC2)c1. The lowest BCUT2D eigenvalue weighted by atomic mass is 10.1. The van der Waals surface area contributed by atoms with E-state index in [0.29, 0.717) is 23.1 Å². The molecule has 4 rings (SSSR count). The van der Waals surface area contributed by atoms with Crippen LogP contribution in [-0.2, 0) is 6.54 Å². The van der Waals surface area contributed by atoms with Crippen molar-refractivity contribution < 1.29 is 4.42 Å². The fourth-order valence-electron chi connectivity index (χ4n) is 3.23. The van der Waals surface area contributed by atoms with E-state index in [2.05, 4.69) is 33.0 Å². The molecule has 1 aliphatic heterocycles. The molecule has 25 heavy (non-hydrogen) atoms. The lowest BCUT2D eigenvalue weighted by molar-refractivity contribution is 0.245. The molecular weight excluding hydrogens is 314 g/mol. The number of oxazole rings is 1. The number of hydrogen-bond donors (Lipinski definition) is 0. The maximum Gasteiger partial charge on any atom is 0.234 e. The quantitative estimate of drug-likeness (QED) is 0.855. The maximum atomic E-state index is 9.32. The first-order valence-electron chi connectivity index (χ1n) is 8.64. The molecule has 0 radical (unpaired) electrons. The number of benzene rings is 1. The molecule has 1 aliphatic carbocycles. The minimum Gasteiger partial charge on any atom is -0.423 e. The van der Waals surface area contributed by atoms with Crippen LogP contribution < -0.4 is 4.90 Å². The van der Waals surface area contributed by atoms with Crippen LogP contribution in [0.4, 0.5) is 5.88 Å². The van der Waals surface area contributed by atoms with Crippen molar-refractivity contribution >= 4 is 5.88 Å². The van der Waals surface area contributed by atoms with Crippen molar-refractivity contribution in [1.29, 1.82) is 10.5 Å². The first-order chi connectivity index (χ1) is 12.3. The molecule has 0 amide bonds. The number of nitrogens with zero attached hydrogens (tertiary/aromatic N) is 5. The fraction of sp³-hybridized carbons (Fsp3) is 0.421. The fourth-order valence-corrected chi connectivity index (χ4v) is 3.23. The Morgan fingerprint density at radius 2 is 1.92 bits per heavy atom. The minimum absolute atomic E-state index is 0.412. The molecule has 6 heteroatoms. The molecule has 0 spiro atoms. The normalized spacial score (nSPS) is 17.9. The molecule has 2 aliphatic rings. The molecule has 2 aromatic rings. The third-order valence-corrected chi connectivity index (χ3v) is 4.78. The summed E-state index contributed by atoms with van der Waals surface area (Å²) in [6.07, 6.45) is 2.22. The summed E-state index contributed by atoms with van der Waals surface area (Å²) in [4.78, 5) is 8.84. The van der Waals surface area contributed by atoms with Gasteiger partial charge in [-0.05, 0) is 30.5 Å². The Hall–Kier alpha value is -2.83. The second-order valence-electron chi connectivity index (χ2n) is 6.67. The van der Waals surface area contributed by atoms with Crippen LogP contribution in [0.25, 0.3) is 0 Å². The molecule has 0 N–H and O–H groups in total. The van der Waals surface area contributed by atoms with Crippen LogP contribution >= 0.6 is 0 Å². The molecular formula is C19H19N5O. The zero-order valence-electron chi connectivity index (χ0n) is 14.0. The Morgan fingerprint density at radius 3 is 2.60 bits per heavy atom. The highest BCUT2D eigenvalue weighted by Gasteiger charge is 2.32. The summed E-state index contributed by atoms with van der Waals surface area (Å²) in [5.41, 5.74) is 2.27. The van der Waals surface area contributed by atoms with Crippen LogP contribution in [0.2, 0.25) is 0 Å². The second-order valence-corrected chi connectivity index (χ2v) is 6.67. The molecule has 0 atom stereocenters. The van der Waals surface area contributed by atoms with E-state index >= 15 is 0 Å². The van der Waals surface area contributed by atoms with Crippen LogP contribution in [0.3, 0.4) is 0 Å². The van der Waals surface area contributed by atoms with Crippen molar-refractivity contribution in [3.63, 3.8) is 0 Å². The highest BCUT2D eigenvalue weighted by atomic mass is 16.4. The van der Waals surface area contributed by atoms with Gasteiger partial charge >= 0.3 is 0 Å². The average molecular weight is 333 g/mol. The maximum absolute atomic E-state index is 9.32. The highest BCUT2D eigenvalue weighted by Crippen LogP contribution is 2.41. The van der Waals surface area contributed by atoms with E-state index in [1.165, 1.54) is 0 Å². The molecule has 1 aromatic carbocycles. The van der Waals surface area contributed by atoms with E-state index < -0.39 is 0 Å². The molecule has 2 fully saturated rings. The molecule has 1 aromatic heterocycles. The first kappa shape index (κ1) is 15.7. The number of hydrogen-bond acceptors (Lipinski definition) is 6. The third kappa shape index (κ3) is 3.35. The van der Waals surface area contributed by atoms with Crippen molar-refractivity contribution in [3.05, 3.63) is 47.0 Å². The van der Waals surface area contributed by atoms with E-state index in [9.17, 15) is 5.26 Å². The average Bonchev–Trinajstić information content (AvgIpc) is 3.42. The van der Waals surface area contributed by atoms with Crippen LogP contribution in [0, 0.1) is 22.7 Å². The Kier molecular flexibility index (Phi) is 4.13. The molecule has 126 valence electrons. The number of piperazine rings is 1.